The van der Waals surface area contributed by atoms with E-state index >= 15 is 0 Å². The third-order valence-corrected chi connectivity index (χ3v) is 4.41. The summed E-state index contributed by atoms with van der Waals surface area (Å²) in [5.41, 5.74) is 0. The highest BCUT2D eigenvalue weighted by atomic mass is 32.2. The van der Waals surface area contributed by atoms with E-state index in [1.807, 2.05) is 16.7 Å². The van der Waals surface area contributed by atoms with E-state index in [1.165, 1.54) is 24.3 Å². The maximum atomic E-state index is 11.9. The van der Waals surface area contributed by atoms with Crippen LogP contribution < -0.4 is 5.32 Å². The average Bonchev–Trinajstić information content (AvgIpc) is 2.62. The maximum absolute atomic E-state index is 11.9. The smallest absolute Gasteiger partial charge is 0.240 e. The molecule has 1 amide bonds. The maximum Gasteiger partial charge on any atom is 0.240 e. The van der Waals surface area contributed by atoms with Crippen LogP contribution in [0.4, 0.5) is 0 Å². The third kappa shape index (κ3) is 2.67. The Hall–Kier alpha value is -0.220. The van der Waals surface area contributed by atoms with Crippen LogP contribution in [-0.2, 0) is 4.79 Å². The van der Waals surface area contributed by atoms with E-state index in [9.17, 15) is 4.79 Å². The van der Waals surface area contributed by atoms with Crippen molar-refractivity contribution in [3.05, 3.63) is 0 Å². The van der Waals surface area contributed by atoms with Crippen LogP contribution in [0.15, 0.2) is 0 Å². The molecule has 2 heterocycles. The summed E-state index contributed by atoms with van der Waals surface area (Å²) >= 11 is 2.04. The summed E-state index contributed by atoms with van der Waals surface area (Å²) in [6.07, 6.45) is 3.48. The molecule has 1 unspecified atom stereocenters. The molecule has 86 valence electrons. The van der Waals surface area contributed by atoms with E-state index < -0.39 is 0 Å². The van der Waals surface area contributed by atoms with Gasteiger partial charge >= 0.3 is 0 Å². The minimum Gasteiger partial charge on any atom is -0.328 e. The van der Waals surface area contributed by atoms with Crippen LogP contribution in [0.25, 0.3) is 0 Å². The Morgan fingerprint density at radius 1 is 1.47 bits per heavy atom. The molecule has 2 rings (SSSR count). The van der Waals surface area contributed by atoms with Gasteiger partial charge in [0.1, 0.15) is 0 Å². The topological polar surface area (TPSA) is 32.3 Å². The minimum absolute atomic E-state index is 0.0861. The molecule has 0 aromatic heterocycles. The van der Waals surface area contributed by atoms with Crippen LogP contribution in [0, 0.1) is 5.92 Å². The molecular weight excluding hydrogens is 208 g/mol. The molecule has 3 nitrogen and oxygen atoms in total. The van der Waals surface area contributed by atoms with E-state index in [0.717, 1.165) is 25.6 Å². The van der Waals surface area contributed by atoms with Crippen molar-refractivity contribution in [2.75, 3.05) is 24.7 Å². The normalized spacial score (nSPS) is 28.7. The summed E-state index contributed by atoms with van der Waals surface area (Å²) in [5.74, 6) is 3.61. The van der Waals surface area contributed by atoms with Crippen molar-refractivity contribution in [3.8, 4) is 0 Å². The first-order chi connectivity index (χ1) is 7.31. The van der Waals surface area contributed by atoms with Crippen LogP contribution in [-0.4, -0.2) is 41.6 Å². The molecule has 0 spiro atoms. The number of hydrogen-bond acceptors (Lipinski definition) is 3. The summed E-state index contributed by atoms with van der Waals surface area (Å²) in [4.78, 5) is 13.9. The molecule has 0 saturated carbocycles. The highest BCUT2D eigenvalue weighted by molar-refractivity contribution is 7.99. The summed E-state index contributed by atoms with van der Waals surface area (Å²) in [6, 6.07) is 0.0861. The van der Waals surface area contributed by atoms with Crippen molar-refractivity contribution in [2.24, 2.45) is 5.92 Å². The molecule has 0 bridgehead atoms. The SMILES string of the molecule is CCC1NCN(CC2CCSCC2)C1=O. The zero-order chi connectivity index (χ0) is 10.7. The molecule has 1 N–H and O–H groups in total. The third-order valence-electron chi connectivity index (χ3n) is 3.37. The fourth-order valence-corrected chi connectivity index (χ4v) is 3.52. The fraction of sp³-hybridized carbons (Fsp3) is 0.909. The lowest BCUT2D eigenvalue weighted by atomic mass is 10.0. The van der Waals surface area contributed by atoms with Crippen LogP contribution in [0.1, 0.15) is 26.2 Å². The van der Waals surface area contributed by atoms with E-state index in [-0.39, 0.29) is 6.04 Å². The predicted octanol–water partition coefficient (Wildman–Crippen LogP) is 1.30. The van der Waals surface area contributed by atoms with Crippen molar-refractivity contribution in [1.29, 1.82) is 0 Å². The van der Waals surface area contributed by atoms with Gasteiger partial charge in [-0.1, -0.05) is 6.92 Å². The predicted molar refractivity (Wildman–Crippen MR) is 63.8 cm³/mol. The van der Waals surface area contributed by atoms with Gasteiger partial charge in [-0.3, -0.25) is 10.1 Å². The van der Waals surface area contributed by atoms with Gasteiger partial charge in [0.05, 0.1) is 12.7 Å². The van der Waals surface area contributed by atoms with Gasteiger partial charge < -0.3 is 4.90 Å². The van der Waals surface area contributed by atoms with E-state index in [0.29, 0.717) is 5.91 Å². The molecule has 0 aromatic carbocycles. The van der Waals surface area contributed by atoms with E-state index in [2.05, 4.69) is 12.2 Å². The number of carbonyl (C=O) groups is 1. The quantitative estimate of drug-likeness (QED) is 0.790. The standard InChI is InChI=1S/C11H20N2OS/c1-2-10-11(14)13(8-12-10)7-9-3-5-15-6-4-9/h9-10,12H,2-8H2,1H3. The van der Waals surface area contributed by atoms with E-state index in [4.69, 9.17) is 0 Å². The summed E-state index contributed by atoms with van der Waals surface area (Å²) in [7, 11) is 0. The second kappa shape index (κ2) is 5.21. The molecule has 0 radical (unpaired) electrons. The molecule has 0 aromatic rings. The number of hydrogen-bond donors (Lipinski definition) is 1. The van der Waals surface area contributed by atoms with Crippen molar-refractivity contribution in [3.63, 3.8) is 0 Å². The number of nitrogens with zero attached hydrogens (tertiary/aromatic N) is 1. The fourth-order valence-electron chi connectivity index (χ4n) is 2.32. The Morgan fingerprint density at radius 3 is 2.80 bits per heavy atom. The van der Waals surface area contributed by atoms with Gasteiger partial charge in [-0.05, 0) is 36.7 Å². The van der Waals surface area contributed by atoms with E-state index in [1.54, 1.807) is 0 Å². The second-order valence-electron chi connectivity index (χ2n) is 4.44. The van der Waals surface area contributed by atoms with Crippen molar-refractivity contribution < 1.29 is 4.79 Å². The number of rotatable bonds is 3. The van der Waals surface area contributed by atoms with Gasteiger partial charge in [-0.2, -0.15) is 11.8 Å². The van der Waals surface area contributed by atoms with Gasteiger partial charge in [0.25, 0.3) is 0 Å². The summed E-state index contributed by atoms with van der Waals surface area (Å²) in [6.45, 7) is 3.81. The Morgan fingerprint density at radius 2 is 2.20 bits per heavy atom. The summed E-state index contributed by atoms with van der Waals surface area (Å²) in [5, 5.41) is 3.27. The first-order valence-electron chi connectivity index (χ1n) is 5.91. The van der Waals surface area contributed by atoms with Crippen LogP contribution in [0.3, 0.4) is 0 Å². The lowest BCUT2D eigenvalue weighted by molar-refractivity contribution is -0.129. The summed E-state index contributed by atoms with van der Waals surface area (Å²) < 4.78 is 0. The Labute approximate surface area is 96.0 Å². The highest BCUT2D eigenvalue weighted by Crippen LogP contribution is 2.24. The molecule has 15 heavy (non-hydrogen) atoms. The molecule has 1 atom stereocenters. The second-order valence-corrected chi connectivity index (χ2v) is 5.66. The van der Waals surface area contributed by atoms with Gasteiger partial charge in [0.15, 0.2) is 0 Å². The van der Waals surface area contributed by atoms with Crippen molar-refractivity contribution >= 4 is 17.7 Å². The zero-order valence-corrected chi connectivity index (χ0v) is 10.2. The molecule has 2 aliphatic rings. The van der Waals surface area contributed by atoms with Crippen LogP contribution >= 0.6 is 11.8 Å². The Balaban J connectivity index is 1.82. The molecule has 2 saturated heterocycles. The number of nitrogens with one attached hydrogen (secondary N) is 1. The molecular formula is C11H20N2OS. The first kappa shape index (κ1) is 11.3. The van der Waals surface area contributed by atoms with Crippen molar-refractivity contribution in [1.82, 2.24) is 10.2 Å². The largest absolute Gasteiger partial charge is 0.328 e. The lowest BCUT2D eigenvalue weighted by Gasteiger charge is -2.26. The first-order valence-corrected chi connectivity index (χ1v) is 7.06. The lowest BCUT2D eigenvalue weighted by Crippen LogP contribution is -2.34. The average molecular weight is 228 g/mol. The van der Waals surface area contributed by atoms with Gasteiger partial charge in [0, 0.05) is 6.54 Å². The molecule has 0 aliphatic carbocycles. The van der Waals surface area contributed by atoms with Crippen LogP contribution in [0.5, 0.6) is 0 Å². The monoisotopic (exact) mass is 228 g/mol. The highest BCUT2D eigenvalue weighted by Gasteiger charge is 2.31. The van der Waals surface area contributed by atoms with Crippen molar-refractivity contribution in [2.45, 2.75) is 32.2 Å². The molecule has 2 aliphatic heterocycles. The molecule has 4 heteroatoms. The van der Waals surface area contributed by atoms with Gasteiger partial charge in [0.2, 0.25) is 5.91 Å². The van der Waals surface area contributed by atoms with Crippen LogP contribution in [0.2, 0.25) is 0 Å². The van der Waals surface area contributed by atoms with Gasteiger partial charge in [-0.15, -0.1) is 0 Å². The number of thioether (sulfide) groups is 1. The molecule has 2 fully saturated rings. The zero-order valence-electron chi connectivity index (χ0n) is 9.37. The Bertz CT molecular complexity index is 229. The number of carbonyl (C=O) groups excluding carboxylic acids is 1. The van der Waals surface area contributed by atoms with Gasteiger partial charge in [-0.25, -0.2) is 0 Å². The number of amides is 1. The minimum atomic E-state index is 0.0861. The Kier molecular flexibility index (Phi) is 3.92.